The summed E-state index contributed by atoms with van der Waals surface area (Å²) in [5, 5.41) is 7.78. The van der Waals surface area contributed by atoms with E-state index in [1.807, 2.05) is 24.0 Å². The largest absolute Gasteiger partial charge is 0.496 e. The fraction of sp³-hybridized carbons (Fsp3) is 0.400. The van der Waals surface area contributed by atoms with Crippen LogP contribution in [0.2, 0.25) is 0 Å². The molecule has 0 saturated carbocycles. The zero-order valence-corrected chi connectivity index (χ0v) is 13.9. The summed E-state index contributed by atoms with van der Waals surface area (Å²) in [6, 6.07) is 6.41. The summed E-state index contributed by atoms with van der Waals surface area (Å²) in [6.45, 7) is 5.04. The van der Waals surface area contributed by atoms with Crippen molar-refractivity contribution >= 4 is 15.9 Å². The Labute approximate surface area is 128 Å². The lowest BCUT2D eigenvalue weighted by atomic mass is 10.1. The van der Waals surface area contributed by atoms with Crippen LogP contribution in [-0.4, -0.2) is 16.9 Å². The number of hydrogen-bond donors (Lipinski definition) is 1. The molecular weight excluding hydrogens is 318 g/mol. The van der Waals surface area contributed by atoms with Crippen LogP contribution in [0, 0.1) is 6.92 Å². The predicted octanol–water partition coefficient (Wildman–Crippen LogP) is 3.35. The van der Waals surface area contributed by atoms with E-state index >= 15 is 0 Å². The first-order chi connectivity index (χ1) is 9.52. The predicted molar refractivity (Wildman–Crippen MR) is 83.9 cm³/mol. The van der Waals surface area contributed by atoms with Crippen LogP contribution in [0.5, 0.6) is 5.75 Å². The smallest absolute Gasteiger partial charge is 0.133 e. The zero-order chi connectivity index (χ0) is 14.7. The molecule has 2 rings (SSSR count). The van der Waals surface area contributed by atoms with Crippen molar-refractivity contribution in [1.29, 1.82) is 0 Å². The van der Waals surface area contributed by atoms with Crippen LogP contribution >= 0.6 is 15.9 Å². The molecule has 1 heterocycles. The third kappa shape index (κ3) is 3.22. The minimum absolute atomic E-state index is 0.261. The molecule has 1 atom stereocenters. The van der Waals surface area contributed by atoms with Crippen molar-refractivity contribution < 1.29 is 4.74 Å². The van der Waals surface area contributed by atoms with Crippen LogP contribution in [0.4, 0.5) is 0 Å². The van der Waals surface area contributed by atoms with E-state index in [2.05, 4.69) is 52.3 Å². The second kappa shape index (κ2) is 6.41. The van der Waals surface area contributed by atoms with Gasteiger partial charge in [0.05, 0.1) is 17.8 Å². The molecule has 0 aliphatic heterocycles. The van der Waals surface area contributed by atoms with E-state index in [1.54, 1.807) is 7.11 Å². The van der Waals surface area contributed by atoms with Gasteiger partial charge >= 0.3 is 0 Å². The second-order valence-corrected chi connectivity index (χ2v) is 5.73. The van der Waals surface area contributed by atoms with Gasteiger partial charge in [0.25, 0.3) is 0 Å². The normalized spacial score (nSPS) is 12.4. The van der Waals surface area contributed by atoms with Gasteiger partial charge in [0.2, 0.25) is 0 Å². The number of nitrogens with zero attached hydrogens (tertiary/aromatic N) is 2. The Hall–Kier alpha value is -1.33. The third-order valence-corrected chi connectivity index (χ3v) is 4.23. The number of ether oxygens (including phenoxy) is 1. The Kier molecular flexibility index (Phi) is 4.83. The average molecular weight is 338 g/mol. The van der Waals surface area contributed by atoms with Gasteiger partial charge in [-0.25, -0.2) is 0 Å². The van der Waals surface area contributed by atoms with Gasteiger partial charge in [-0.05, 0) is 47.5 Å². The van der Waals surface area contributed by atoms with Gasteiger partial charge in [-0.3, -0.25) is 4.68 Å². The number of benzene rings is 1. The molecule has 0 saturated heterocycles. The fourth-order valence-corrected chi connectivity index (χ4v) is 2.61. The minimum Gasteiger partial charge on any atom is -0.496 e. The van der Waals surface area contributed by atoms with Crippen LogP contribution in [0.3, 0.4) is 0 Å². The van der Waals surface area contributed by atoms with Gasteiger partial charge in [0.15, 0.2) is 0 Å². The lowest BCUT2D eigenvalue weighted by molar-refractivity contribution is 0.411. The van der Waals surface area contributed by atoms with E-state index in [0.29, 0.717) is 0 Å². The molecule has 0 aliphatic carbocycles. The van der Waals surface area contributed by atoms with E-state index in [-0.39, 0.29) is 6.04 Å². The molecule has 0 bridgehead atoms. The van der Waals surface area contributed by atoms with Gasteiger partial charge in [-0.1, -0.05) is 6.07 Å². The molecule has 0 aliphatic rings. The van der Waals surface area contributed by atoms with E-state index in [4.69, 9.17) is 4.74 Å². The molecule has 20 heavy (non-hydrogen) atoms. The highest BCUT2D eigenvalue weighted by Gasteiger charge is 2.10. The Balaban J connectivity index is 2.03. The van der Waals surface area contributed by atoms with Gasteiger partial charge in [-0.15, -0.1) is 0 Å². The van der Waals surface area contributed by atoms with Crippen molar-refractivity contribution in [2.45, 2.75) is 26.4 Å². The van der Waals surface area contributed by atoms with Crippen LogP contribution in [0.1, 0.15) is 29.8 Å². The van der Waals surface area contributed by atoms with Crippen molar-refractivity contribution in [3.05, 3.63) is 45.7 Å². The van der Waals surface area contributed by atoms with Gasteiger partial charge < -0.3 is 10.1 Å². The number of aromatic nitrogens is 2. The molecule has 108 valence electrons. The second-order valence-electron chi connectivity index (χ2n) is 4.88. The number of methoxy groups -OCH3 is 1. The Bertz CT molecular complexity index is 595. The lowest BCUT2D eigenvalue weighted by Crippen LogP contribution is -2.18. The highest BCUT2D eigenvalue weighted by molar-refractivity contribution is 9.10. The molecule has 0 radical (unpaired) electrons. The number of halogens is 1. The summed E-state index contributed by atoms with van der Waals surface area (Å²) < 4.78 is 8.12. The summed E-state index contributed by atoms with van der Waals surface area (Å²) in [4.78, 5) is 0. The Morgan fingerprint density at radius 1 is 1.45 bits per heavy atom. The first-order valence-corrected chi connectivity index (χ1v) is 7.36. The Morgan fingerprint density at radius 2 is 2.20 bits per heavy atom. The molecule has 5 heteroatoms. The zero-order valence-electron chi connectivity index (χ0n) is 12.3. The maximum absolute atomic E-state index is 5.25. The molecule has 1 N–H and O–H groups in total. The quantitative estimate of drug-likeness (QED) is 0.909. The number of hydrogen-bond acceptors (Lipinski definition) is 3. The van der Waals surface area contributed by atoms with Crippen LogP contribution in [-0.2, 0) is 13.6 Å². The van der Waals surface area contributed by atoms with E-state index in [0.717, 1.165) is 16.8 Å². The SMILES string of the molecule is COc1ccc(C(C)NCc2cnn(C)c2C)cc1Br. The lowest BCUT2D eigenvalue weighted by Gasteiger charge is -2.15. The number of nitrogens with one attached hydrogen (secondary N) is 1. The van der Waals surface area contributed by atoms with Gasteiger partial charge in [-0.2, -0.15) is 5.10 Å². The highest BCUT2D eigenvalue weighted by Crippen LogP contribution is 2.28. The van der Waals surface area contributed by atoms with Crippen LogP contribution < -0.4 is 10.1 Å². The summed E-state index contributed by atoms with van der Waals surface area (Å²) in [7, 11) is 3.63. The summed E-state index contributed by atoms with van der Waals surface area (Å²) in [5.74, 6) is 0.851. The standard InChI is InChI=1S/C15H20BrN3O/c1-10(12-5-6-15(20-4)14(16)7-12)17-8-13-9-18-19(3)11(13)2/h5-7,9-10,17H,8H2,1-4H3. The molecule has 1 unspecified atom stereocenters. The molecule has 0 amide bonds. The maximum Gasteiger partial charge on any atom is 0.133 e. The van der Waals surface area contributed by atoms with Crippen LogP contribution in [0.15, 0.2) is 28.9 Å². The summed E-state index contributed by atoms with van der Waals surface area (Å²) >= 11 is 3.52. The van der Waals surface area contributed by atoms with Gasteiger partial charge in [0.1, 0.15) is 5.75 Å². The Morgan fingerprint density at radius 3 is 2.75 bits per heavy atom. The van der Waals surface area contributed by atoms with E-state index in [9.17, 15) is 0 Å². The summed E-state index contributed by atoms with van der Waals surface area (Å²) in [5.41, 5.74) is 3.65. The molecular formula is C15H20BrN3O. The first-order valence-electron chi connectivity index (χ1n) is 6.57. The molecule has 1 aromatic heterocycles. The fourth-order valence-electron chi connectivity index (χ4n) is 2.05. The number of rotatable bonds is 5. The third-order valence-electron chi connectivity index (χ3n) is 3.61. The van der Waals surface area contributed by atoms with Crippen molar-refractivity contribution in [3.63, 3.8) is 0 Å². The highest BCUT2D eigenvalue weighted by atomic mass is 79.9. The van der Waals surface area contributed by atoms with E-state index in [1.165, 1.54) is 16.8 Å². The molecule has 4 nitrogen and oxygen atoms in total. The molecule has 0 spiro atoms. The monoisotopic (exact) mass is 337 g/mol. The summed E-state index contributed by atoms with van der Waals surface area (Å²) in [6.07, 6.45) is 1.92. The van der Waals surface area contributed by atoms with Gasteiger partial charge in [0, 0.05) is 30.9 Å². The maximum atomic E-state index is 5.25. The molecule has 1 aromatic carbocycles. The minimum atomic E-state index is 0.261. The van der Waals surface area contributed by atoms with Crippen molar-refractivity contribution in [2.75, 3.05) is 7.11 Å². The topological polar surface area (TPSA) is 39.1 Å². The molecule has 0 fully saturated rings. The van der Waals surface area contributed by atoms with Crippen molar-refractivity contribution in [2.24, 2.45) is 7.05 Å². The van der Waals surface area contributed by atoms with Crippen molar-refractivity contribution in [1.82, 2.24) is 15.1 Å². The average Bonchev–Trinajstić information content (AvgIpc) is 2.76. The van der Waals surface area contributed by atoms with Crippen LogP contribution in [0.25, 0.3) is 0 Å². The van der Waals surface area contributed by atoms with Crippen molar-refractivity contribution in [3.8, 4) is 5.75 Å². The molecule has 2 aromatic rings. The van der Waals surface area contributed by atoms with E-state index < -0.39 is 0 Å². The first kappa shape index (κ1) is 15.1. The number of aryl methyl sites for hydroxylation is 1.